The summed E-state index contributed by atoms with van der Waals surface area (Å²) in [5.41, 5.74) is 2.46. The molecule has 3 aromatic heterocycles. The molecule has 1 aliphatic carbocycles. The minimum absolute atomic E-state index is 0.399. The molecule has 3 heterocycles. The van der Waals surface area contributed by atoms with E-state index in [1.807, 2.05) is 6.07 Å². The van der Waals surface area contributed by atoms with Gasteiger partial charge in [-0.1, -0.05) is 29.5 Å². The molecule has 1 saturated carbocycles. The first-order chi connectivity index (χ1) is 16.9. The number of nitrogens with zero attached hydrogens (tertiary/aromatic N) is 6. The van der Waals surface area contributed by atoms with Crippen LogP contribution in [0.2, 0.25) is 0 Å². The summed E-state index contributed by atoms with van der Waals surface area (Å²) >= 11 is 0. The Morgan fingerprint density at radius 3 is 2.29 bits per heavy atom. The summed E-state index contributed by atoms with van der Waals surface area (Å²) in [5, 5.41) is 25.6. The zero-order valence-corrected chi connectivity index (χ0v) is 18.7. The molecule has 0 saturated heterocycles. The molecule has 0 amide bonds. The van der Waals surface area contributed by atoms with Crippen LogP contribution in [0, 0.1) is 5.92 Å². The van der Waals surface area contributed by atoms with Gasteiger partial charge in [0, 0.05) is 12.0 Å². The van der Waals surface area contributed by atoms with Crippen molar-refractivity contribution in [3.8, 4) is 11.3 Å². The summed E-state index contributed by atoms with van der Waals surface area (Å²) in [4.78, 5) is 3.43. The number of nitrogens with one attached hydrogen (secondary N) is 2. The van der Waals surface area contributed by atoms with E-state index in [2.05, 4.69) is 65.4 Å². The Morgan fingerprint density at radius 1 is 0.886 bits per heavy atom. The van der Waals surface area contributed by atoms with Gasteiger partial charge in [0.2, 0.25) is 0 Å². The summed E-state index contributed by atoms with van der Waals surface area (Å²) in [6.07, 6.45) is 2.11. The van der Waals surface area contributed by atoms with Crippen molar-refractivity contribution in [3.63, 3.8) is 0 Å². The van der Waals surface area contributed by atoms with Gasteiger partial charge in [-0.15, -0.1) is 20.4 Å². The van der Waals surface area contributed by atoms with Crippen LogP contribution in [0.5, 0.6) is 0 Å². The molecule has 0 atom stereocenters. The topological polar surface area (TPSA) is 105 Å². The van der Waals surface area contributed by atoms with E-state index in [1.54, 1.807) is 6.07 Å². The highest BCUT2D eigenvalue weighted by atomic mass is 19.4. The molecule has 180 valence electrons. The third-order valence-electron chi connectivity index (χ3n) is 6.38. The zero-order chi connectivity index (χ0) is 24.3. The lowest BCUT2D eigenvalue weighted by atomic mass is 9.77. The number of rotatable bonds is 6. The number of tetrazole rings is 1. The Hall–Kier alpha value is -3.89. The van der Waals surface area contributed by atoms with E-state index in [4.69, 9.17) is 0 Å². The highest BCUT2D eigenvalue weighted by molar-refractivity contribution is 5.62. The van der Waals surface area contributed by atoms with Gasteiger partial charge >= 0.3 is 6.18 Å². The lowest BCUT2D eigenvalue weighted by Crippen LogP contribution is -2.16. The van der Waals surface area contributed by atoms with Crippen molar-refractivity contribution in [2.24, 2.45) is 5.92 Å². The average molecular weight is 480 g/mol. The van der Waals surface area contributed by atoms with Gasteiger partial charge < -0.3 is 5.32 Å². The zero-order valence-electron chi connectivity index (χ0n) is 18.7. The number of aromatic amines is 1. The molecule has 1 aromatic carbocycles. The third-order valence-corrected chi connectivity index (χ3v) is 6.38. The molecule has 0 aliphatic heterocycles. The van der Waals surface area contributed by atoms with Gasteiger partial charge in [0.1, 0.15) is 5.69 Å². The lowest BCUT2D eigenvalue weighted by molar-refractivity contribution is -0.141. The Bertz CT molecular complexity index is 1220. The molecule has 1 aliphatic rings. The molecular weight excluding hydrogens is 457 g/mol. The number of pyridine rings is 1. The Morgan fingerprint density at radius 2 is 1.69 bits per heavy atom. The predicted octanol–water partition coefficient (Wildman–Crippen LogP) is 5.33. The van der Waals surface area contributed by atoms with Gasteiger partial charge in [0.15, 0.2) is 11.6 Å². The van der Waals surface area contributed by atoms with Gasteiger partial charge in [0.05, 0.1) is 17.6 Å². The quantitative estimate of drug-likeness (QED) is 0.384. The summed E-state index contributed by atoms with van der Waals surface area (Å²) in [6.45, 7) is 0. The van der Waals surface area contributed by atoms with Crippen LogP contribution in [0.3, 0.4) is 0 Å². The van der Waals surface area contributed by atoms with Crippen molar-refractivity contribution in [2.45, 2.75) is 44.2 Å². The Balaban J connectivity index is 1.17. The number of aromatic nitrogens is 7. The van der Waals surface area contributed by atoms with Crippen molar-refractivity contribution >= 4 is 11.5 Å². The number of halogens is 3. The summed E-state index contributed by atoms with van der Waals surface area (Å²) in [6, 6.07) is 14.2. The van der Waals surface area contributed by atoms with Gasteiger partial charge in [-0.05, 0) is 67.3 Å². The van der Waals surface area contributed by atoms with Gasteiger partial charge in [-0.25, -0.2) is 4.98 Å². The molecular formula is C24H23F3N8. The maximum Gasteiger partial charge on any atom is 0.433 e. The molecule has 5 rings (SSSR count). The largest absolute Gasteiger partial charge is 0.433 e. The lowest BCUT2D eigenvalue weighted by Gasteiger charge is -2.28. The van der Waals surface area contributed by atoms with Crippen molar-refractivity contribution < 1.29 is 13.2 Å². The smallest absolute Gasteiger partial charge is 0.337 e. The second-order valence-electron chi connectivity index (χ2n) is 8.73. The Kier molecular flexibility index (Phi) is 6.39. The maximum atomic E-state index is 12.6. The van der Waals surface area contributed by atoms with E-state index >= 15 is 0 Å². The van der Waals surface area contributed by atoms with Crippen molar-refractivity contribution in [1.29, 1.82) is 0 Å². The first kappa shape index (κ1) is 22.9. The molecule has 0 unspecified atom stereocenters. The number of benzene rings is 1. The minimum atomic E-state index is -4.47. The monoisotopic (exact) mass is 480 g/mol. The van der Waals surface area contributed by atoms with Crippen LogP contribution in [0.4, 0.5) is 24.7 Å². The van der Waals surface area contributed by atoms with E-state index in [9.17, 15) is 13.2 Å². The van der Waals surface area contributed by atoms with E-state index in [-0.39, 0.29) is 0 Å². The van der Waals surface area contributed by atoms with Crippen LogP contribution < -0.4 is 5.32 Å². The first-order valence-corrected chi connectivity index (χ1v) is 11.4. The summed E-state index contributed by atoms with van der Waals surface area (Å²) in [5.74, 6) is 2.35. The Labute approximate surface area is 199 Å². The van der Waals surface area contributed by atoms with Crippen molar-refractivity contribution in [2.75, 3.05) is 5.32 Å². The van der Waals surface area contributed by atoms with Crippen LogP contribution in [-0.4, -0.2) is 35.8 Å². The fourth-order valence-electron chi connectivity index (χ4n) is 4.49. The standard InChI is InChI=1S/C24H23F3N8/c25-24(26,27)21-11-9-19(14-28-21)29-22-12-10-20(30-31-22)18-7-5-17(6-8-18)16-3-1-15(2-4-16)13-23-32-34-35-33-23/h5-12,14-16H,1-4,13H2,(H,29,31)(H,32,33,34,35)/t15-,16+. The number of alkyl halides is 3. The molecule has 0 spiro atoms. The molecule has 0 bridgehead atoms. The van der Waals surface area contributed by atoms with Gasteiger partial charge in [0.25, 0.3) is 0 Å². The molecule has 2 N–H and O–H groups in total. The third kappa shape index (κ3) is 5.61. The fraction of sp³-hybridized carbons (Fsp3) is 0.333. The van der Waals surface area contributed by atoms with Crippen LogP contribution in [0.15, 0.2) is 54.7 Å². The predicted molar refractivity (Wildman–Crippen MR) is 123 cm³/mol. The molecule has 4 aromatic rings. The SMILES string of the molecule is FC(F)(F)c1ccc(Nc2ccc(-c3ccc([C@H]4CC[C@@H](Cc5nn[nH]n5)CC4)cc3)nn2)cn1. The number of hydrogen-bond donors (Lipinski definition) is 2. The van der Waals surface area contributed by atoms with E-state index in [0.717, 1.165) is 61.4 Å². The molecule has 8 nitrogen and oxygen atoms in total. The molecule has 0 radical (unpaired) electrons. The molecule has 1 fully saturated rings. The molecule has 35 heavy (non-hydrogen) atoms. The molecule has 11 heteroatoms. The van der Waals surface area contributed by atoms with Crippen LogP contribution in [-0.2, 0) is 12.6 Å². The van der Waals surface area contributed by atoms with E-state index in [0.29, 0.717) is 23.3 Å². The average Bonchev–Trinajstić information content (AvgIpc) is 3.38. The van der Waals surface area contributed by atoms with Crippen LogP contribution >= 0.6 is 0 Å². The highest BCUT2D eigenvalue weighted by Crippen LogP contribution is 2.37. The second kappa shape index (κ2) is 9.77. The normalized spacial score (nSPS) is 18.4. The maximum absolute atomic E-state index is 12.6. The number of hydrogen-bond acceptors (Lipinski definition) is 7. The van der Waals surface area contributed by atoms with Crippen LogP contribution in [0.25, 0.3) is 11.3 Å². The minimum Gasteiger partial charge on any atom is -0.337 e. The van der Waals surface area contributed by atoms with Gasteiger partial charge in [-0.2, -0.15) is 18.4 Å². The van der Waals surface area contributed by atoms with E-state index < -0.39 is 11.9 Å². The van der Waals surface area contributed by atoms with Crippen molar-refractivity contribution in [3.05, 3.63) is 71.8 Å². The van der Waals surface area contributed by atoms with E-state index in [1.165, 1.54) is 11.6 Å². The fourth-order valence-corrected chi connectivity index (χ4v) is 4.49. The summed E-state index contributed by atoms with van der Waals surface area (Å²) in [7, 11) is 0. The second-order valence-corrected chi connectivity index (χ2v) is 8.73. The first-order valence-electron chi connectivity index (χ1n) is 11.4. The number of H-pyrrole nitrogens is 1. The van der Waals surface area contributed by atoms with Gasteiger partial charge in [-0.3, -0.25) is 0 Å². The van der Waals surface area contributed by atoms with Crippen molar-refractivity contribution in [1.82, 2.24) is 35.8 Å². The van der Waals surface area contributed by atoms with Crippen LogP contribution in [0.1, 0.15) is 48.7 Å². The highest BCUT2D eigenvalue weighted by Gasteiger charge is 2.32. The summed E-state index contributed by atoms with van der Waals surface area (Å²) < 4.78 is 37.9. The number of anilines is 2.